The lowest BCUT2D eigenvalue weighted by molar-refractivity contribution is -0.137. The number of rotatable bonds is 9. The molecule has 25 heavy (non-hydrogen) atoms. The summed E-state index contributed by atoms with van der Waals surface area (Å²) in [5.74, 6) is -0.465. The molecule has 1 saturated carbocycles. The minimum absolute atomic E-state index is 0.133. The van der Waals surface area contributed by atoms with E-state index < -0.39 is 5.97 Å². The van der Waals surface area contributed by atoms with Gasteiger partial charge in [0.05, 0.1) is 16.6 Å². The van der Waals surface area contributed by atoms with Crippen molar-refractivity contribution in [3.8, 4) is 0 Å². The number of aliphatic carboxylic acids is 1. The molecule has 134 valence electrons. The van der Waals surface area contributed by atoms with E-state index in [0.717, 1.165) is 37.8 Å². The number of amides is 1. The van der Waals surface area contributed by atoms with Gasteiger partial charge in [0, 0.05) is 24.6 Å². The molecule has 1 aliphatic carbocycles. The molecular weight excluding hydrogens is 322 g/mol. The van der Waals surface area contributed by atoms with Crippen molar-refractivity contribution in [3.63, 3.8) is 0 Å². The first-order chi connectivity index (χ1) is 12.1. The average Bonchev–Trinajstić information content (AvgIpc) is 3.37. The molecule has 0 spiro atoms. The van der Waals surface area contributed by atoms with Gasteiger partial charge in [0.1, 0.15) is 0 Å². The minimum atomic E-state index is -0.759. The summed E-state index contributed by atoms with van der Waals surface area (Å²) in [6.45, 7) is 2.38. The van der Waals surface area contributed by atoms with Gasteiger partial charge in [-0.15, -0.1) is 0 Å². The van der Waals surface area contributed by atoms with E-state index in [4.69, 9.17) is 9.63 Å². The molecule has 1 fully saturated rings. The topological polar surface area (TPSA) is 105 Å². The molecule has 0 saturated heterocycles. The largest absolute Gasteiger partial charge is 0.481 e. The Morgan fingerprint density at radius 2 is 2.04 bits per heavy atom. The summed E-state index contributed by atoms with van der Waals surface area (Å²) in [6.07, 6.45) is 5.68. The lowest BCUT2D eigenvalue weighted by atomic mass is 10.1. The number of aryl methyl sites for hydroxylation is 1. The SMILES string of the molecule is Cc1noc2nc(C3CC3)cc(C(=O)NCCCCCCC(=O)O)c12. The standard InChI is InChI=1S/C18H23N3O4/c1-11-16-13(10-14(12-7-8-12)20-18(16)25-21-11)17(24)19-9-5-3-2-4-6-15(22)23/h10,12H,2-9H2,1H3,(H,19,24)(H,22,23). The number of hydrogen-bond donors (Lipinski definition) is 2. The van der Waals surface area contributed by atoms with Crippen LogP contribution in [0.4, 0.5) is 0 Å². The summed E-state index contributed by atoms with van der Waals surface area (Å²) >= 11 is 0. The number of fused-ring (bicyclic) bond motifs is 1. The summed E-state index contributed by atoms with van der Waals surface area (Å²) in [7, 11) is 0. The molecule has 0 radical (unpaired) electrons. The van der Waals surface area contributed by atoms with Crippen LogP contribution < -0.4 is 5.32 Å². The monoisotopic (exact) mass is 345 g/mol. The Balaban J connectivity index is 1.58. The maximum absolute atomic E-state index is 12.6. The van der Waals surface area contributed by atoms with Gasteiger partial charge >= 0.3 is 5.97 Å². The van der Waals surface area contributed by atoms with Crippen LogP contribution in [0.25, 0.3) is 11.1 Å². The van der Waals surface area contributed by atoms with Crippen molar-refractivity contribution in [1.82, 2.24) is 15.5 Å². The Morgan fingerprint density at radius 3 is 2.76 bits per heavy atom. The van der Waals surface area contributed by atoms with Crippen LogP contribution in [0.1, 0.15) is 72.6 Å². The van der Waals surface area contributed by atoms with Gasteiger partial charge in [0.25, 0.3) is 11.6 Å². The van der Waals surface area contributed by atoms with E-state index in [1.807, 2.05) is 13.0 Å². The fourth-order valence-corrected chi connectivity index (χ4v) is 2.93. The zero-order chi connectivity index (χ0) is 17.8. The Bertz CT molecular complexity index is 780. The number of carboxylic acids is 1. The number of carboxylic acid groups (broad SMARTS) is 1. The summed E-state index contributed by atoms with van der Waals surface area (Å²) in [4.78, 5) is 27.5. The molecule has 7 nitrogen and oxygen atoms in total. The molecule has 2 aromatic rings. The average molecular weight is 345 g/mol. The van der Waals surface area contributed by atoms with Gasteiger partial charge in [-0.05, 0) is 38.7 Å². The molecular formula is C18H23N3O4. The van der Waals surface area contributed by atoms with E-state index in [-0.39, 0.29) is 12.3 Å². The van der Waals surface area contributed by atoms with Crippen molar-refractivity contribution in [2.75, 3.05) is 6.54 Å². The first-order valence-electron chi connectivity index (χ1n) is 8.83. The molecule has 2 aromatic heterocycles. The predicted octanol–water partition coefficient (Wildman–Crippen LogP) is 3.17. The Labute approximate surface area is 145 Å². The molecule has 0 unspecified atom stereocenters. The fraction of sp³-hybridized carbons (Fsp3) is 0.556. The minimum Gasteiger partial charge on any atom is -0.481 e. The third-order valence-corrected chi connectivity index (χ3v) is 4.48. The van der Waals surface area contributed by atoms with Crippen LogP contribution in [0, 0.1) is 6.92 Å². The maximum Gasteiger partial charge on any atom is 0.303 e. The number of hydrogen-bond acceptors (Lipinski definition) is 5. The van der Waals surface area contributed by atoms with E-state index >= 15 is 0 Å². The number of aromatic nitrogens is 2. The molecule has 0 aliphatic heterocycles. The number of carbonyl (C=O) groups excluding carboxylic acids is 1. The first kappa shape index (κ1) is 17.4. The van der Waals surface area contributed by atoms with Gasteiger partial charge in [-0.25, -0.2) is 4.98 Å². The van der Waals surface area contributed by atoms with E-state index in [0.29, 0.717) is 41.2 Å². The second-order valence-electron chi connectivity index (χ2n) is 6.63. The van der Waals surface area contributed by atoms with Crippen molar-refractivity contribution < 1.29 is 19.2 Å². The summed E-state index contributed by atoms with van der Waals surface area (Å²) in [5, 5.41) is 16.2. The van der Waals surface area contributed by atoms with Crippen molar-refractivity contribution in [2.24, 2.45) is 0 Å². The van der Waals surface area contributed by atoms with Crippen molar-refractivity contribution in [2.45, 2.75) is 57.8 Å². The lowest BCUT2D eigenvalue weighted by Crippen LogP contribution is -2.25. The number of pyridine rings is 1. The molecule has 2 N–H and O–H groups in total. The van der Waals surface area contributed by atoms with Gasteiger partial charge in [-0.2, -0.15) is 0 Å². The number of unbranched alkanes of at least 4 members (excludes halogenated alkanes) is 3. The van der Waals surface area contributed by atoms with Crippen LogP contribution in [-0.4, -0.2) is 33.7 Å². The Morgan fingerprint density at radius 1 is 1.28 bits per heavy atom. The third-order valence-electron chi connectivity index (χ3n) is 4.48. The van der Waals surface area contributed by atoms with Gasteiger partial charge in [-0.1, -0.05) is 18.0 Å². The van der Waals surface area contributed by atoms with Crippen molar-refractivity contribution >= 4 is 23.0 Å². The molecule has 0 bridgehead atoms. The van der Waals surface area contributed by atoms with Crippen LogP contribution in [0.3, 0.4) is 0 Å². The van der Waals surface area contributed by atoms with Crippen LogP contribution in [-0.2, 0) is 4.79 Å². The smallest absolute Gasteiger partial charge is 0.303 e. The quantitative estimate of drug-likeness (QED) is 0.676. The zero-order valence-corrected chi connectivity index (χ0v) is 14.4. The Hall–Kier alpha value is -2.44. The van der Waals surface area contributed by atoms with Crippen LogP contribution in [0.2, 0.25) is 0 Å². The summed E-state index contributed by atoms with van der Waals surface area (Å²) in [5.41, 5.74) is 2.59. The maximum atomic E-state index is 12.6. The normalized spacial score (nSPS) is 14.0. The van der Waals surface area contributed by atoms with Gasteiger partial charge in [0.15, 0.2) is 0 Å². The molecule has 1 amide bonds. The van der Waals surface area contributed by atoms with Gasteiger partial charge in [0.2, 0.25) is 0 Å². The third kappa shape index (κ3) is 4.35. The second kappa shape index (κ2) is 7.63. The fourth-order valence-electron chi connectivity index (χ4n) is 2.93. The van der Waals surface area contributed by atoms with E-state index in [2.05, 4.69) is 15.5 Å². The van der Waals surface area contributed by atoms with Gasteiger partial charge in [-0.3, -0.25) is 9.59 Å². The Kier molecular flexibility index (Phi) is 5.31. The molecule has 0 atom stereocenters. The zero-order valence-electron chi connectivity index (χ0n) is 14.4. The van der Waals surface area contributed by atoms with E-state index in [1.165, 1.54) is 0 Å². The molecule has 2 heterocycles. The van der Waals surface area contributed by atoms with E-state index in [9.17, 15) is 9.59 Å². The number of nitrogens with zero attached hydrogens (tertiary/aromatic N) is 2. The van der Waals surface area contributed by atoms with Gasteiger partial charge < -0.3 is 14.9 Å². The predicted molar refractivity (Wildman–Crippen MR) is 91.6 cm³/mol. The first-order valence-corrected chi connectivity index (χ1v) is 8.83. The van der Waals surface area contributed by atoms with Crippen LogP contribution >= 0.6 is 0 Å². The molecule has 7 heteroatoms. The van der Waals surface area contributed by atoms with Crippen molar-refractivity contribution in [3.05, 3.63) is 23.0 Å². The van der Waals surface area contributed by atoms with Crippen molar-refractivity contribution in [1.29, 1.82) is 0 Å². The van der Waals surface area contributed by atoms with E-state index in [1.54, 1.807) is 0 Å². The van der Waals surface area contributed by atoms with Crippen LogP contribution in [0.5, 0.6) is 0 Å². The highest BCUT2D eigenvalue weighted by Gasteiger charge is 2.28. The van der Waals surface area contributed by atoms with Crippen LogP contribution in [0.15, 0.2) is 10.6 Å². The summed E-state index contributed by atoms with van der Waals surface area (Å²) < 4.78 is 5.26. The summed E-state index contributed by atoms with van der Waals surface area (Å²) in [6, 6.07) is 1.87. The number of nitrogens with one attached hydrogen (secondary N) is 1. The molecule has 3 rings (SSSR count). The highest BCUT2D eigenvalue weighted by atomic mass is 16.5. The number of carbonyl (C=O) groups is 2. The highest BCUT2D eigenvalue weighted by Crippen LogP contribution is 2.40. The molecule has 0 aromatic carbocycles. The highest BCUT2D eigenvalue weighted by molar-refractivity contribution is 6.06. The second-order valence-corrected chi connectivity index (χ2v) is 6.63. The lowest BCUT2D eigenvalue weighted by Gasteiger charge is -2.08. The molecule has 1 aliphatic rings.